The number of nitrogens with zero attached hydrogens (tertiary/aromatic N) is 2. The zero-order chi connectivity index (χ0) is 20.6. The second-order valence-corrected chi connectivity index (χ2v) is 6.82. The Kier molecular flexibility index (Phi) is 6.75. The summed E-state index contributed by atoms with van der Waals surface area (Å²) >= 11 is 0. The van der Waals surface area contributed by atoms with Crippen molar-refractivity contribution in [3.8, 4) is 0 Å². The van der Waals surface area contributed by atoms with E-state index >= 15 is 0 Å². The largest absolute Gasteiger partial charge is 0.326 e. The van der Waals surface area contributed by atoms with E-state index in [1.807, 2.05) is 6.07 Å². The van der Waals surface area contributed by atoms with Crippen LogP contribution in [0.25, 0.3) is 0 Å². The lowest BCUT2D eigenvalue weighted by atomic mass is 10.2. The minimum Gasteiger partial charge on any atom is -0.326 e. The highest BCUT2D eigenvalue weighted by molar-refractivity contribution is 6.00. The number of anilines is 3. The van der Waals surface area contributed by atoms with Gasteiger partial charge in [0.25, 0.3) is 5.69 Å². The molecule has 2 aromatic carbocycles. The van der Waals surface area contributed by atoms with Crippen LogP contribution in [0.5, 0.6) is 0 Å². The Hall–Kier alpha value is -3.46. The molecule has 9 nitrogen and oxygen atoms in total. The molecule has 3 amide bonds. The van der Waals surface area contributed by atoms with Crippen LogP contribution in [0.15, 0.2) is 48.5 Å². The van der Waals surface area contributed by atoms with Crippen molar-refractivity contribution in [3.63, 3.8) is 0 Å². The number of hydrogen-bond donors (Lipinski definition) is 3. The maximum Gasteiger partial charge on any atom is 0.323 e. The van der Waals surface area contributed by atoms with Crippen molar-refractivity contribution in [2.75, 3.05) is 35.6 Å². The van der Waals surface area contributed by atoms with Crippen molar-refractivity contribution in [2.24, 2.45) is 0 Å². The number of nitro groups is 1. The minimum absolute atomic E-state index is 0.211. The molecule has 1 fully saturated rings. The monoisotopic (exact) mass is 397 g/mol. The summed E-state index contributed by atoms with van der Waals surface area (Å²) in [6, 6.07) is 12.3. The highest BCUT2D eigenvalue weighted by Crippen LogP contribution is 2.25. The number of carbonyl (C=O) groups is 2. The molecular formula is C20H23N5O4. The Bertz CT molecular complexity index is 882. The third-order valence-corrected chi connectivity index (χ3v) is 4.56. The van der Waals surface area contributed by atoms with E-state index in [2.05, 4.69) is 20.9 Å². The molecule has 29 heavy (non-hydrogen) atoms. The average molecular weight is 397 g/mol. The third kappa shape index (κ3) is 6.28. The summed E-state index contributed by atoms with van der Waals surface area (Å²) in [4.78, 5) is 37.3. The number of para-hydroxylation sites is 1. The molecule has 1 aliphatic rings. The molecule has 2 aromatic rings. The van der Waals surface area contributed by atoms with Gasteiger partial charge in [0.15, 0.2) is 0 Å². The van der Waals surface area contributed by atoms with E-state index in [9.17, 15) is 19.7 Å². The summed E-state index contributed by atoms with van der Waals surface area (Å²) in [6.07, 6.45) is 2.60. The molecule has 9 heteroatoms. The molecule has 0 aromatic heterocycles. The first-order chi connectivity index (χ1) is 14.0. The van der Waals surface area contributed by atoms with Crippen molar-refractivity contribution >= 4 is 34.7 Å². The Morgan fingerprint density at radius 2 is 1.55 bits per heavy atom. The van der Waals surface area contributed by atoms with E-state index in [0.717, 1.165) is 25.9 Å². The van der Waals surface area contributed by atoms with Gasteiger partial charge in [-0.05, 0) is 44.1 Å². The smallest absolute Gasteiger partial charge is 0.323 e. The third-order valence-electron chi connectivity index (χ3n) is 4.56. The van der Waals surface area contributed by atoms with E-state index in [-0.39, 0.29) is 23.0 Å². The van der Waals surface area contributed by atoms with Gasteiger partial charge in [0.1, 0.15) is 0 Å². The molecule has 152 valence electrons. The molecule has 0 saturated carbocycles. The molecule has 1 saturated heterocycles. The predicted molar refractivity (Wildman–Crippen MR) is 111 cm³/mol. The maximum atomic E-state index is 12.2. The molecule has 0 spiro atoms. The Morgan fingerprint density at radius 1 is 0.931 bits per heavy atom. The van der Waals surface area contributed by atoms with Crippen LogP contribution < -0.4 is 16.0 Å². The SMILES string of the molecule is O=C(CCN1CCCC1)Nc1cc(NC(=O)Nc2ccccc2)cc([N+](=O)[O-])c1. The zero-order valence-corrected chi connectivity index (χ0v) is 15.9. The van der Waals surface area contributed by atoms with Crippen LogP contribution in [0.2, 0.25) is 0 Å². The second-order valence-electron chi connectivity index (χ2n) is 6.82. The summed E-state index contributed by atoms with van der Waals surface area (Å²) in [5.41, 5.74) is 0.839. The highest BCUT2D eigenvalue weighted by atomic mass is 16.6. The van der Waals surface area contributed by atoms with Crippen LogP contribution in [-0.2, 0) is 4.79 Å². The number of amides is 3. The minimum atomic E-state index is -0.569. The fourth-order valence-corrected chi connectivity index (χ4v) is 3.17. The standard InChI is InChI=1S/C20H23N5O4/c26-19(8-11-24-9-4-5-10-24)21-16-12-17(14-18(13-16)25(28)29)23-20(27)22-15-6-2-1-3-7-15/h1-3,6-7,12-14H,4-5,8-11H2,(H,21,26)(H2,22,23,27). The van der Waals surface area contributed by atoms with Crippen molar-refractivity contribution in [2.45, 2.75) is 19.3 Å². The van der Waals surface area contributed by atoms with Gasteiger partial charge in [0, 0.05) is 36.5 Å². The fourth-order valence-electron chi connectivity index (χ4n) is 3.17. The van der Waals surface area contributed by atoms with E-state index < -0.39 is 11.0 Å². The predicted octanol–water partition coefficient (Wildman–Crippen LogP) is 3.66. The van der Waals surface area contributed by atoms with Crippen LogP contribution >= 0.6 is 0 Å². The molecule has 0 atom stereocenters. The Balaban J connectivity index is 1.64. The van der Waals surface area contributed by atoms with Crippen molar-refractivity contribution < 1.29 is 14.5 Å². The van der Waals surface area contributed by atoms with E-state index in [1.54, 1.807) is 24.3 Å². The Morgan fingerprint density at radius 3 is 2.21 bits per heavy atom. The van der Waals surface area contributed by atoms with Gasteiger partial charge in [-0.1, -0.05) is 18.2 Å². The van der Waals surface area contributed by atoms with Crippen molar-refractivity contribution in [1.82, 2.24) is 4.90 Å². The van der Waals surface area contributed by atoms with Crippen LogP contribution in [0, 0.1) is 10.1 Å². The molecule has 0 unspecified atom stereocenters. The maximum absolute atomic E-state index is 12.2. The van der Waals surface area contributed by atoms with E-state index in [4.69, 9.17) is 0 Å². The highest BCUT2D eigenvalue weighted by Gasteiger charge is 2.15. The fraction of sp³-hybridized carbons (Fsp3) is 0.300. The van der Waals surface area contributed by atoms with Gasteiger partial charge in [0.05, 0.1) is 10.6 Å². The number of carbonyl (C=O) groups excluding carboxylic acids is 2. The van der Waals surface area contributed by atoms with Gasteiger partial charge in [-0.3, -0.25) is 14.9 Å². The van der Waals surface area contributed by atoms with Crippen LogP contribution in [0.4, 0.5) is 27.5 Å². The lowest BCUT2D eigenvalue weighted by Crippen LogP contribution is -2.25. The summed E-state index contributed by atoms with van der Waals surface area (Å²) < 4.78 is 0. The first kappa shape index (κ1) is 20.3. The second kappa shape index (κ2) is 9.65. The number of non-ortho nitro benzene ring substituents is 1. The number of hydrogen-bond acceptors (Lipinski definition) is 5. The molecule has 0 aliphatic carbocycles. The van der Waals surface area contributed by atoms with E-state index in [1.165, 1.54) is 18.2 Å². The van der Waals surface area contributed by atoms with Crippen molar-refractivity contribution in [3.05, 3.63) is 58.6 Å². The average Bonchev–Trinajstić information content (AvgIpc) is 3.20. The molecule has 3 N–H and O–H groups in total. The lowest BCUT2D eigenvalue weighted by molar-refractivity contribution is -0.384. The summed E-state index contributed by atoms with van der Waals surface area (Å²) in [6.45, 7) is 2.65. The van der Waals surface area contributed by atoms with Gasteiger partial charge in [-0.25, -0.2) is 4.79 Å². The first-order valence-corrected chi connectivity index (χ1v) is 9.44. The van der Waals surface area contributed by atoms with Gasteiger partial charge in [-0.15, -0.1) is 0 Å². The topological polar surface area (TPSA) is 117 Å². The number of benzene rings is 2. The van der Waals surface area contributed by atoms with Crippen LogP contribution in [0.1, 0.15) is 19.3 Å². The lowest BCUT2D eigenvalue weighted by Gasteiger charge is -2.14. The number of likely N-dealkylation sites (tertiary alicyclic amines) is 1. The number of urea groups is 1. The summed E-state index contributed by atoms with van der Waals surface area (Å²) in [5.74, 6) is -0.225. The van der Waals surface area contributed by atoms with Gasteiger partial charge in [0.2, 0.25) is 5.91 Å². The van der Waals surface area contributed by atoms with Crippen LogP contribution in [-0.4, -0.2) is 41.4 Å². The molecule has 3 rings (SSSR count). The molecule has 1 aliphatic heterocycles. The first-order valence-electron chi connectivity index (χ1n) is 9.44. The van der Waals surface area contributed by atoms with E-state index in [0.29, 0.717) is 18.7 Å². The molecule has 0 radical (unpaired) electrons. The zero-order valence-electron chi connectivity index (χ0n) is 15.9. The van der Waals surface area contributed by atoms with Gasteiger partial charge < -0.3 is 20.9 Å². The summed E-state index contributed by atoms with van der Waals surface area (Å²) in [5, 5.41) is 19.1. The number of nitrogens with one attached hydrogen (secondary N) is 3. The number of rotatable bonds is 7. The quantitative estimate of drug-likeness (QED) is 0.487. The molecular weight excluding hydrogens is 374 g/mol. The summed E-state index contributed by atoms with van der Waals surface area (Å²) in [7, 11) is 0. The van der Waals surface area contributed by atoms with Crippen LogP contribution in [0.3, 0.4) is 0 Å². The Labute approximate surface area is 168 Å². The van der Waals surface area contributed by atoms with Crippen molar-refractivity contribution in [1.29, 1.82) is 0 Å². The number of nitro benzene ring substituents is 1. The normalized spacial score (nSPS) is 13.7. The molecule has 1 heterocycles. The molecule has 0 bridgehead atoms. The van der Waals surface area contributed by atoms with Gasteiger partial charge in [-0.2, -0.15) is 0 Å². The van der Waals surface area contributed by atoms with Gasteiger partial charge >= 0.3 is 6.03 Å².